The molecule has 0 aliphatic heterocycles. The van der Waals surface area contributed by atoms with E-state index in [2.05, 4.69) is 5.32 Å². The molecule has 0 bridgehead atoms. The minimum atomic E-state index is -4.61. The number of alkyl halides is 3. The fourth-order valence-electron chi connectivity index (χ4n) is 2.09. The molecular weight excluding hydrogens is 345 g/mol. The molecule has 0 heterocycles. The lowest BCUT2D eigenvalue weighted by Gasteiger charge is -2.20. The number of hydrogen-bond donors (Lipinski definition) is 1. The van der Waals surface area contributed by atoms with Crippen molar-refractivity contribution >= 4 is 21.6 Å². The molecule has 5 nitrogen and oxygen atoms in total. The quantitative estimate of drug-likeness (QED) is 0.719. The van der Waals surface area contributed by atoms with Gasteiger partial charge in [0.25, 0.3) is 0 Å². The molecule has 1 rings (SSSR count). The molecule has 0 unspecified atom stereocenters. The topological polar surface area (TPSA) is 66.5 Å². The van der Waals surface area contributed by atoms with Crippen LogP contribution in [0.5, 0.6) is 0 Å². The van der Waals surface area contributed by atoms with Crippen LogP contribution in [0.2, 0.25) is 0 Å². The number of benzene rings is 1. The van der Waals surface area contributed by atoms with Crippen molar-refractivity contribution in [1.29, 1.82) is 0 Å². The summed E-state index contributed by atoms with van der Waals surface area (Å²) in [7, 11) is -3.62. The van der Waals surface area contributed by atoms with Crippen LogP contribution in [0.15, 0.2) is 24.3 Å². The lowest BCUT2D eigenvalue weighted by atomic mass is 10.1. The van der Waals surface area contributed by atoms with Gasteiger partial charge >= 0.3 is 6.18 Å². The number of amides is 1. The van der Waals surface area contributed by atoms with Gasteiger partial charge in [0.1, 0.15) is 0 Å². The molecule has 0 radical (unpaired) electrons. The van der Waals surface area contributed by atoms with E-state index in [1.54, 1.807) is 0 Å². The first kappa shape index (κ1) is 20.4. The Morgan fingerprint density at radius 1 is 1.21 bits per heavy atom. The Labute approximate surface area is 139 Å². The van der Waals surface area contributed by atoms with Gasteiger partial charge in [-0.2, -0.15) is 17.5 Å². The van der Waals surface area contributed by atoms with Gasteiger partial charge in [0.15, 0.2) is 0 Å². The molecular formula is C15H21F3N2O3S. The van der Waals surface area contributed by atoms with Crippen molar-refractivity contribution in [3.63, 3.8) is 0 Å². The zero-order chi connectivity index (χ0) is 18.4. The van der Waals surface area contributed by atoms with Crippen LogP contribution in [0, 0.1) is 0 Å². The smallest absolute Gasteiger partial charge is 0.324 e. The lowest BCUT2D eigenvalue weighted by Crippen LogP contribution is -2.38. The Morgan fingerprint density at radius 3 is 2.38 bits per heavy atom. The summed E-state index contributed by atoms with van der Waals surface area (Å²) in [5.74, 6) is -0.811. The van der Waals surface area contributed by atoms with E-state index >= 15 is 0 Å². The highest BCUT2D eigenvalue weighted by Crippen LogP contribution is 2.34. The SMILES string of the molecule is CCCCCN(CC(=O)Nc1ccccc1C(F)(F)F)S(C)(=O)=O. The molecule has 136 valence electrons. The summed E-state index contributed by atoms with van der Waals surface area (Å²) in [6.07, 6.45) is -1.39. The van der Waals surface area contributed by atoms with Gasteiger partial charge in [-0.05, 0) is 18.6 Å². The molecule has 24 heavy (non-hydrogen) atoms. The van der Waals surface area contributed by atoms with Gasteiger partial charge in [-0.25, -0.2) is 8.42 Å². The molecule has 1 aromatic rings. The Bertz CT molecular complexity index is 660. The van der Waals surface area contributed by atoms with Gasteiger partial charge in [0, 0.05) is 6.54 Å². The molecule has 1 aromatic carbocycles. The van der Waals surface area contributed by atoms with Gasteiger partial charge < -0.3 is 5.32 Å². The summed E-state index contributed by atoms with van der Waals surface area (Å²) < 4.78 is 63.1. The van der Waals surface area contributed by atoms with E-state index in [0.717, 1.165) is 35.5 Å². The van der Waals surface area contributed by atoms with E-state index in [1.165, 1.54) is 12.1 Å². The number of unbranched alkanes of at least 4 members (excludes halogenated alkanes) is 2. The second-order valence-electron chi connectivity index (χ2n) is 5.40. The van der Waals surface area contributed by atoms with Crippen molar-refractivity contribution in [3.8, 4) is 0 Å². The number of halogens is 3. The maximum atomic E-state index is 12.9. The van der Waals surface area contributed by atoms with Crippen LogP contribution >= 0.6 is 0 Å². The molecule has 0 aromatic heterocycles. The predicted octanol–water partition coefficient (Wildman–Crippen LogP) is 3.10. The van der Waals surface area contributed by atoms with E-state index in [-0.39, 0.29) is 6.54 Å². The molecule has 0 saturated heterocycles. The summed E-state index contributed by atoms with van der Waals surface area (Å²) in [5.41, 5.74) is -1.37. The van der Waals surface area contributed by atoms with Crippen molar-refractivity contribution in [3.05, 3.63) is 29.8 Å². The molecule has 0 aliphatic rings. The number of hydrogen-bond acceptors (Lipinski definition) is 3. The van der Waals surface area contributed by atoms with E-state index in [9.17, 15) is 26.4 Å². The number of nitrogens with one attached hydrogen (secondary N) is 1. The number of rotatable bonds is 8. The predicted molar refractivity (Wildman–Crippen MR) is 86.0 cm³/mol. The minimum absolute atomic E-state index is 0.154. The van der Waals surface area contributed by atoms with Crippen molar-refractivity contribution in [2.45, 2.75) is 32.4 Å². The number of carbonyl (C=O) groups is 1. The summed E-state index contributed by atoms with van der Waals surface area (Å²) in [6.45, 7) is 1.58. The lowest BCUT2D eigenvalue weighted by molar-refractivity contribution is -0.137. The molecule has 9 heteroatoms. The highest BCUT2D eigenvalue weighted by atomic mass is 32.2. The first-order chi connectivity index (χ1) is 11.1. The van der Waals surface area contributed by atoms with Gasteiger partial charge in [-0.1, -0.05) is 31.9 Å². The van der Waals surface area contributed by atoms with E-state index in [1.807, 2.05) is 6.92 Å². The van der Waals surface area contributed by atoms with Crippen LogP contribution < -0.4 is 5.32 Å². The zero-order valence-electron chi connectivity index (χ0n) is 13.6. The summed E-state index contributed by atoms with van der Waals surface area (Å²) in [5, 5.41) is 2.15. The van der Waals surface area contributed by atoms with E-state index < -0.39 is 39.9 Å². The van der Waals surface area contributed by atoms with Crippen molar-refractivity contribution < 1.29 is 26.4 Å². The number of sulfonamides is 1. The normalized spacial score (nSPS) is 12.4. The summed E-state index contributed by atoms with van der Waals surface area (Å²) in [4.78, 5) is 12.0. The fourth-order valence-corrected chi connectivity index (χ4v) is 2.90. The number of anilines is 1. The van der Waals surface area contributed by atoms with Gasteiger partial charge in [-0.15, -0.1) is 0 Å². The van der Waals surface area contributed by atoms with Crippen LogP contribution in [0.3, 0.4) is 0 Å². The number of nitrogens with zero attached hydrogens (tertiary/aromatic N) is 1. The molecule has 0 spiro atoms. The maximum Gasteiger partial charge on any atom is 0.418 e. The second kappa shape index (κ2) is 8.48. The average Bonchev–Trinajstić information content (AvgIpc) is 2.44. The molecule has 0 atom stereocenters. The number of carbonyl (C=O) groups excluding carboxylic acids is 1. The van der Waals surface area contributed by atoms with Crippen molar-refractivity contribution in [1.82, 2.24) is 4.31 Å². The van der Waals surface area contributed by atoms with Crippen LogP contribution in [-0.4, -0.2) is 38.0 Å². The average molecular weight is 366 g/mol. The van der Waals surface area contributed by atoms with Crippen molar-refractivity contribution in [2.75, 3.05) is 24.7 Å². The monoisotopic (exact) mass is 366 g/mol. The van der Waals surface area contributed by atoms with Crippen LogP contribution in [-0.2, 0) is 21.0 Å². The minimum Gasteiger partial charge on any atom is -0.324 e. The Kier molecular flexibility index (Phi) is 7.22. The van der Waals surface area contributed by atoms with Gasteiger partial charge in [0.05, 0.1) is 24.1 Å². The Morgan fingerprint density at radius 2 is 1.83 bits per heavy atom. The Balaban J connectivity index is 2.84. The summed E-state index contributed by atoms with van der Waals surface area (Å²) in [6, 6.07) is 4.56. The highest BCUT2D eigenvalue weighted by molar-refractivity contribution is 7.88. The largest absolute Gasteiger partial charge is 0.418 e. The fraction of sp³-hybridized carbons (Fsp3) is 0.533. The zero-order valence-corrected chi connectivity index (χ0v) is 14.4. The first-order valence-corrected chi connectivity index (χ1v) is 9.31. The molecule has 1 amide bonds. The number of para-hydroxylation sites is 1. The maximum absolute atomic E-state index is 12.9. The second-order valence-corrected chi connectivity index (χ2v) is 7.38. The van der Waals surface area contributed by atoms with Crippen LogP contribution in [0.25, 0.3) is 0 Å². The molecule has 0 aliphatic carbocycles. The van der Waals surface area contributed by atoms with Gasteiger partial charge in [0.2, 0.25) is 15.9 Å². The van der Waals surface area contributed by atoms with Crippen LogP contribution in [0.1, 0.15) is 31.7 Å². The standard InChI is InChI=1S/C15H21F3N2O3S/c1-3-4-7-10-20(24(2,22)23)11-14(21)19-13-9-6-5-8-12(13)15(16,17)18/h5-6,8-9H,3-4,7,10-11H2,1-2H3,(H,19,21). The molecule has 0 saturated carbocycles. The Hall–Kier alpha value is -1.61. The third kappa shape index (κ3) is 6.48. The third-order valence-electron chi connectivity index (χ3n) is 3.31. The van der Waals surface area contributed by atoms with E-state index in [4.69, 9.17) is 0 Å². The van der Waals surface area contributed by atoms with Crippen molar-refractivity contribution in [2.24, 2.45) is 0 Å². The van der Waals surface area contributed by atoms with E-state index in [0.29, 0.717) is 6.42 Å². The first-order valence-electron chi connectivity index (χ1n) is 7.47. The summed E-state index contributed by atoms with van der Waals surface area (Å²) >= 11 is 0. The molecule has 0 fully saturated rings. The van der Waals surface area contributed by atoms with Gasteiger partial charge in [-0.3, -0.25) is 4.79 Å². The third-order valence-corrected chi connectivity index (χ3v) is 4.56. The highest BCUT2D eigenvalue weighted by Gasteiger charge is 2.33. The molecule has 1 N–H and O–H groups in total. The van der Waals surface area contributed by atoms with Crippen LogP contribution in [0.4, 0.5) is 18.9 Å².